The Hall–Kier alpha value is -0.830. The molecule has 0 radical (unpaired) electrons. The van der Waals surface area contributed by atoms with Gasteiger partial charge in [0.15, 0.2) is 0 Å². The molecule has 1 unspecified atom stereocenters. The number of thiophene rings is 1. The third kappa shape index (κ3) is 3.09. The van der Waals surface area contributed by atoms with Crippen molar-refractivity contribution in [2.45, 2.75) is 6.04 Å². The molecule has 5 heteroatoms. The van der Waals surface area contributed by atoms with Crippen LogP contribution in [-0.4, -0.2) is 0 Å². The molecule has 0 amide bonds. The summed E-state index contributed by atoms with van der Waals surface area (Å²) in [5, 5.41) is 12.4. The zero-order valence-corrected chi connectivity index (χ0v) is 12.6. The Morgan fingerprint density at radius 1 is 1.24 bits per heavy atom. The number of hydrogen-bond donors (Lipinski definition) is 1. The van der Waals surface area contributed by atoms with E-state index >= 15 is 0 Å². The molecule has 0 fully saturated rings. The number of nitrogens with zero attached hydrogens (tertiary/aromatic N) is 1. The van der Waals surface area contributed by atoms with Crippen LogP contribution in [0.1, 0.15) is 10.9 Å². The van der Waals surface area contributed by atoms with Crippen LogP contribution < -0.4 is 5.32 Å². The van der Waals surface area contributed by atoms with Gasteiger partial charge in [-0.05, 0) is 50.1 Å². The number of nitrogens with one attached hydrogen (secondary N) is 1. The molecule has 2 nitrogen and oxygen atoms in total. The molecule has 1 atom stereocenters. The smallest absolute Gasteiger partial charge is 0.149 e. The summed E-state index contributed by atoms with van der Waals surface area (Å²) in [7, 11) is 0. The van der Waals surface area contributed by atoms with E-state index in [1.54, 1.807) is 11.3 Å². The van der Waals surface area contributed by atoms with Gasteiger partial charge in [-0.1, -0.05) is 18.2 Å². The van der Waals surface area contributed by atoms with Gasteiger partial charge in [0.1, 0.15) is 6.04 Å². The van der Waals surface area contributed by atoms with Crippen LogP contribution in [0, 0.1) is 11.3 Å². The molecule has 1 heterocycles. The topological polar surface area (TPSA) is 35.8 Å². The molecule has 0 saturated heterocycles. The Kier molecular flexibility index (Phi) is 4.21. The molecule has 0 bridgehead atoms. The van der Waals surface area contributed by atoms with E-state index in [1.165, 1.54) is 0 Å². The van der Waals surface area contributed by atoms with Crippen molar-refractivity contribution in [3.8, 4) is 6.07 Å². The lowest BCUT2D eigenvalue weighted by atomic mass is 10.2. The van der Waals surface area contributed by atoms with Crippen molar-refractivity contribution in [3.05, 3.63) is 49.5 Å². The molecule has 17 heavy (non-hydrogen) atoms. The van der Waals surface area contributed by atoms with Crippen molar-refractivity contribution in [1.29, 1.82) is 5.26 Å². The fraction of sp³-hybridized carbons (Fsp3) is 0.0833. The summed E-state index contributed by atoms with van der Waals surface area (Å²) in [6.45, 7) is 0. The van der Waals surface area contributed by atoms with Crippen LogP contribution in [0.15, 0.2) is 44.7 Å². The van der Waals surface area contributed by atoms with E-state index in [9.17, 15) is 5.26 Å². The average Bonchev–Trinajstić information content (AvgIpc) is 2.68. The average molecular weight is 372 g/mol. The summed E-state index contributed by atoms with van der Waals surface area (Å²) >= 11 is 8.41. The Bertz CT molecular complexity index is 526. The number of para-hydroxylation sites is 1. The number of benzene rings is 1. The molecule has 1 aromatic carbocycles. The Morgan fingerprint density at radius 2 is 1.94 bits per heavy atom. The first-order valence-corrected chi connectivity index (χ1v) is 7.27. The standard InChI is InChI=1S/C12H8Br2N2S/c13-9-6-11(17-12(9)14)10(7-15)16-8-4-2-1-3-5-8/h1-6,10,16H. The number of hydrogen-bond acceptors (Lipinski definition) is 3. The summed E-state index contributed by atoms with van der Waals surface area (Å²) in [6.07, 6.45) is 0. The molecular weight excluding hydrogens is 364 g/mol. The van der Waals surface area contributed by atoms with Crippen molar-refractivity contribution < 1.29 is 0 Å². The van der Waals surface area contributed by atoms with Crippen molar-refractivity contribution in [3.63, 3.8) is 0 Å². The summed E-state index contributed by atoms with van der Waals surface area (Å²) in [6, 6.07) is 13.6. The molecule has 1 aromatic heterocycles. The molecule has 2 rings (SSSR count). The minimum Gasteiger partial charge on any atom is -0.366 e. The molecule has 86 valence electrons. The fourth-order valence-electron chi connectivity index (χ4n) is 1.37. The van der Waals surface area contributed by atoms with Gasteiger partial charge < -0.3 is 5.32 Å². The van der Waals surface area contributed by atoms with Crippen LogP contribution in [0.2, 0.25) is 0 Å². The second-order valence-corrected chi connectivity index (χ2v) is 6.60. The van der Waals surface area contributed by atoms with Crippen LogP contribution in [0.3, 0.4) is 0 Å². The van der Waals surface area contributed by atoms with E-state index in [2.05, 4.69) is 43.2 Å². The van der Waals surface area contributed by atoms with Crippen molar-refractivity contribution in [2.24, 2.45) is 0 Å². The molecule has 0 aliphatic carbocycles. The summed E-state index contributed by atoms with van der Waals surface area (Å²) < 4.78 is 1.98. The van der Waals surface area contributed by atoms with Crippen LogP contribution in [0.4, 0.5) is 5.69 Å². The third-order valence-electron chi connectivity index (χ3n) is 2.16. The quantitative estimate of drug-likeness (QED) is 0.828. The Balaban J connectivity index is 2.21. The second-order valence-electron chi connectivity index (χ2n) is 3.34. The molecule has 0 aliphatic rings. The van der Waals surface area contributed by atoms with Gasteiger partial charge >= 0.3 is 0 Å². The Labute approximate surface area is 121 Å². The van der Waals surface area contributed by atoms with Crippen LogP contribution in [-0.2, 0) is 0 Å². The predicted octanol–water partition coefficient (Wildman–Crippen LogP) is 4.95. The van der Waals surface area contributed by atoms with Gasteiger partial charge in [0, 0.05) is 15.0 Å². The van der Waals surface area contributed by atoms with Crippen molar-refractivity contribution in [2.75, 3.05) is 5.32 Å². The highest BCUT2D eigenvalue weighted by molar-refractivity contribution is 9.13. The zero-order chi connectivity index (χ0) is 12.3. The highest BCUT2D eigenvalue weighted by Gasteiger charge is 2.14. The SMILES string of the molecule is N#CC(Nc1ccccc1)c1cc(Br)c(Br)s1. The lowest BCUT2D eigenvalue weighted by molar-refractivity contribution is 1.03. The van der Waals surface area contributed by atoms with Crippen molar-refractivity contribution >= 4 is 48.9 Å². The van der Waals surface area contributed by atoms with Gasteiger partial charge in [-0.2, -0.15) is 5.26 Å². The number of halogens is 2. The second kappa shape index (κ2) is 5.67. The molecule has 0 saturated carbocycles. The van der Waals surface area contributed by atoms with E-state index in [0.717, 1.165) is 18.8 Å². The maximum absolute atomic E-state index is 9.20. The lowest BCUT2D eigenvalue weighted by Gasteiger charge is -2.10. The van der Waals surface area contributed by atoms with Gasteiger partial charge in [0.2, 0.25) is 0 Å². The van der Waals surface area contributed by atoms with Gasteiger partial charge in [-0.25, -0.2) is 0 Å². The van der Waals surface area contributed by atoms with Crippen LogP contribution in [0.5, 0.6) is 0 Å². The Morgan fingerprint density at radius 3 is 2.47 bits per heavy atom. The van der Waals surface area contributed by atoms with Crippen molar-refractivity contribution in [1.82, 2.24) is 0 Å². The number of anilines is 1. The minimum absolute atomic E-state index is 0.329. The highest BCUT2D eigenvalue weighted by Crippen LogP contribution is 2.36. The highest BCUT2D eigenvalue weighted by atomic mass is 79.9. The van der Waals surface area contributed by atoms with Gasteiger partial charge in [0.25, 0.3) is 0 Å². The normalized spacial score (nSPS) is 11.8. The first-order valence-electron chi connectivity index (χ1n) is 4.86. The number of rotatable bonds is 3. The van der Waals surface area contributed by atoms with Gasteiger partial charge in [-0.15, -0.1) is 11.3 Å². The fourth-order valence-corrected chi connectivity index (χ4v) is 3.46. The molecule has 0 spiro atoms. The largest absolute Gasteiger partial charge is 0.366 e. The molecule has 0 aliphatic heterocycles. The molecule has 1 N–H and O–H groups in total. The summed E-state index contributed by atoms with van der Waals surface area (Å²) in [5.74, 6) is 0. The van der Waals surface area contributed by atoms with E-state index < -0.39 is 0 Å². The van der Waals surface area contributed by atoms with E-state index in [0.29, 0.717) is 0 Å². The maximum Gasteiger partial charge on any atom is 0.149 e. The van der Waals surface area contributed by atoms with E-state index in [1.807, 2.05) is 36.4 Å². The minimum atomic E-state index is -0.329. The first kappa shape index (κ1) is 12.6. The molecule has 2 aromatic rings. The van der Waals surface area contributed by atoms with E-state index in [-0.39, 0.29) is 6.04 Å². The predicted molar refractivity (Wildman–Crippen MR) is 78.1 cm³/mol. The molecular formula is C12H8Br2N2S. The maximum atomic E-state index is 9.20. The first-order chi connectivity index (χ1) is 8.20. The zero-order valence-electron chi connectivity index (χ0n) is 8.65. The van der Waals surface area contributed by atoms with Crippen LogP contribution in [0.25, 0.3) is 0 Å². The van der Waals surface area contributed by atoms with Gasteiger partial charge in [-0.3, -0.25) is 0 Å². The monoisotopic (exact) mass is 370 g/mol. The van der Waals surface area contributed by atoms with E-state index in [4.69, 9.17) is 0 Å². The number of nitriles is 1. The van der Waals surface area contributed by atoms with Gasteiger partial charge in [0.05, 0.1) is 9.86 Å². The summed E-state index contributed by atoms with van der Waals surface area (Å²) in [4.78, 5) is 0.982. The third-order valence-corrected chi connectivity index (χ3v) is 5.48. The van der Waals surface area contributed by atoms with Crippen LogP contribution >= 0.6 is 43.2 Å². The summed E-state index contributed by atoms with van der Waals surface area (Å²) in [5.41, 5.74) is 0.944. The lowest BCUT2D eigenvalue weighted by Crippen LogP contribution is -2.06.